The molecular formula is C13H11ClF3N3O. The number of rotatable bonds is 3. The van der Waals surface area contributed by atoms with Gasteiger partial charge in [0.1, 0.15) is 5.75 Å². The highest BCUT2D eigenvalue weighted by Gasteiger charge is 2.33. The first-order chi connectivity index (χ1) is 9.85. The van der Waals surface area contributed by atoms with Gasteiger partial charge in [0.25, 0.3) is 0 Å². The highest BCUT2D eigenvalue weighted by molar-refractivity contribution is 6.32. The van der Waals surface area contributed by atoms with Crippen molar-refractivity contribution < 1.29 is 17.9 Å². The second-order valence-corrected chi connectivity index (χ2v) is 4.47. The molecule has 0 radical (unpaired) electrons. The maximum absolute atomic E-state index is 12.8. The Morgan fingerprint density at radius 1 is 1.19 bits per heavy atom. The normalized spacial score (nSPS) is 11.3. The molecule has 1 heterocycles. The summed E-state index contributed by atoms with van der Waals surface area (Å²) in [5.41, 5.74) is -0.456. The van der Waals surface area contributed by atoms with Crippen LogP contribution in [0.4, 0.5) is 19.1 Å². The molecule has 2 rings (SSSR count). The van der Waals surface area contributed by atoms with Crippen LogP contribution in [0.1, 0.15) is 5.69 Å². The van der Waals surface area contributed by atoms with Gasteiger partial charge in [0.15, 0.2) is 5.69 Å². The molecule has 8 heteroatoms. The van der Waals surface area contributed by atoms with Gasteiger partial charge < -0.3 is 10.1 Å². The van der Waals surface area contributed by atoms with E-state index >= 15 is 0 Å². The number of benzene rings is 1. The minimum Gasteiger partial charge on any atom is -0.495 e. The molecule has 0 fully saturated rings. The number of aromatic nitrogens is 2. The molecule has 0 unspecified atom stereocenters. The summed E-state index contributed by atoms with van der Waals surface area (Å²) in [6.07, 6.45) is -4.56. The van der Waals surface area contributed by atoms with E-state index in [1.807, 2.05) is 0 Å². The highest BCUT2D eigenvalue weighted by Crippen LogP contribution is 2.33. The fourth-order valence-electron chi connectivity index (χ4n) is 1.67. The molecule has 21 heavy (non-hydrogen) atoms. The number of nitrogens with zero attached hydrogens (tertiary/aromatic N) is 2. The number of alkyl halides is 3. The molecule has 0 amide bonds. The third kappa shape index (κ3) is 3.36. The van der Waals surface area contributed by atoms with Crippen molar-refractivity contribution in [1.82, 2.24) is 9.97 Å². The summed E-state index contributed by atoms with van der Waals surface area (Å²) in [5.74, 6) is 0.237. The van der Waals surface area contributed by atoms with Crippen LogP contribution in [0.5, 0.6) is 5.75 Å². The predicted octanol–water partition coefficient (Wildman–Crippen LogP) is 3.87. The summed E-state index contributed by atoms with van der Waals surface area (Å²) in [6, 6.07) is 5.49. The second kappa shape index (κ2) is 5.77. The minimum absolute atomic E-state index is 0.117. The Balaban J connectivity index is 2.58. The molecule has 0 aliphatic rings. The number of anilines is 1. The van der Waals surface area contributed by atoms with Crippen molar-refractivity contribution in [3.05, 3.63) is 35.0 Å². The first-order valence-electron chi connectivity index (χ1n) is 5.83. The van der Waals surface area contributed by atoms with E-state index in [-0.39, 0.29) is 11.6 Å². The minimum atomic E-state index is -4.56. The van der Waals surface area contributed by atoms with E-state index in [0.29, 0.717) is 16.3 Å². The van der Waals surface area contributed by atoms with Gasteiger partial charge in [0.05, 0.1) is 17.8 Å². The van der Waals surface area contributed by atoms with Gasteiger partial charge in [-0.2, -0.15) is 13.2 Å². The summed E-state index contributed by atoms with van der Waals surface area (Å²) in [5, 5.41) is 2.87. The number of hydrogen-bond acceptors (Lipinski definition) is 4. The average molecular weight is 318 g/mol. The first-order valence-corrected chi connectivity index (χ1v) is 6.21. The van der Waals surface area contributed by atoms with E-state index in [1.54, 1.807) is 6.07 Å². The standard InChI is InChI=1S/C13H11ClF3N3O/c1-18-12-19-9(6-11(20-12)13(15,16)17)7-3-4-8(14)10(5-7)21-2/h3-6H,1-2H3,(H,18,19,20). The topological polar surface area (TPSA) is 47.0 Å². The Labute approximate surface area is 123 Å². The van der Waals surface area contributed by atoms with E-state index in [1.165, 1.54) is 26.3 Å². The molecule has 1 N–H and O–H groups in total. The first kappa shape index (κ1) is 15.4. The highest BCUT2D eigenvalue weighted by atomic mass is 35.5. The predicted molar refractivity (Wildman–Crippen MR) is 73.6 cm³/mol. The molecule has 4 nitrogen and oxygen atoms in total. The van der Waals surface area contributed by atoms with Gasteiger partial charge in [-0.1, -0.05) is 17.7 Å². The maximum atomic E-state index is 12.8. The summed E-state index contributed by atoms with van der Waals surface area (Å²) < 4.78 is 43.6. The number of halogens is 4. The SMILES string of the molecule is CNc1nc(-c2ccc(Cl)c(OC)c2)cc(C(F)(F)F)n1. The van der Waals surface area contributed by atoms with E-state index in [0.717, 1.165) is 6.07 Å². The third-order valence-corrected chi connectivity index (χ3v) is 3.00. The van der Waals surface area contributed by atoms with Crippen molar-refractivity contribution >= 4 is 17.5 Å². The monoisotopic (exact) mass is 317 g/mol. The molecular weight excluding hydrogens is 307 g/mol. The fourth-order valence-corrected chi connectivity index (χ4v) is 1.87. The van der Waals surface area contributed by atoms with Crippen molar-refractivity contribution in [1.29, 1.82) is 0 Å². The van der Waals surface area contributed by atoms with Crippen LogP contribution < -0.4 is 10.1 Å². The summed E-state index contributed by atoms with van der Waals surface area (Å²) >= 11 is 5.90. The summed E-state index contributed by atoms with van der Waals surface area (Å²) in [4.78, 5) is 7.42. The molecule has 2 aromatic rings. The lowest BCUT2D eigenvalue weighted by molar-refractivity contribution is -0.141. The molecule has 0 aliphatic carbocycles. The lowest BCUT2D eigenvalue weighted by Gasteiger charge is -2.11. The number of ether oxygens (including phenoxy) is 1. The Hall–Kier alpha value is -2.02. The fraction of sp³-hybridized carbons (Fsp3) is 0.231. The van der Waals surface area contributed by atoms with Crippen molar-refractivity contribution in [3.63, 3.8) is 0 Å². The smallest absolute Gasteiger partial charge is 0.433 e. The Kier molecular flexibility index (Phi) is 4.22. The van der Waals surface area contributed by atoms with Crippen LogP contribution in [0.15, 0.2) is 24.3 Å². The van der Waals surface area contributed by atoms with Crippen LogP contribution in [-0.2, 0) is 6.18 Å². The van der Waals surface area contributed by atoms with Crippen LogP contribution in [0.25, 0.3) is 11.3 Å². The van der Waals surface area contributed by atoms with E-state index < -0.39 is 11.9 Å². The van der Waals surface area contributed by atoms with Crippen molar-refractivity contribution in [2.24, 2.45) is 0 Å². The van der Waals surface area contributed by atoms with Crippen molar-refractivity contribution in [2.75, 3.05) is 19.5 Å². The Bertz CT molecular complexity index is 662. The van der Waals surface area contributed by atoms with Gasteiger partial charge in [-0.15, -0.1) is 0 Å². The lowest BCUT2D eigenvalue weighted by atomic mass is 10.1. The maximum Gasteiger partial charge on any atom is 0.433 e. The zero-order valence-electron chi connectivity index (χ0n) is 11.1. The number of hydrogen-bond donors (Lipinski definition) is 1. The van der Waals surface area contributed by atoms with Gasteiger partial charge in [-0.05, 0) is 18.2 Å². The van der Waals surface area contributed by atoms with Gasteiger partial charge in [-0.25, -0.2) is 9.97 Å². The van der Waals surface area contributed by atoms with Crippen LogP contribution in [0.2, 0.25) is 5.02 Å². The van der Waals surface area contributed by atoms with Gasteiger partial charge in [-0.3, -0.25) is 0 Å². The molecule has 0 aliphatic heterocycles. The Morgan fingerprint density at radius 2 is 1.90 bits per heavy atom. The second-order valence-electron chi connectivity index (χ2n) is 4.06. The van der Waals surface area contributed by atoms with Crippen molar-refractivity contribution in [3.8, 4) is 17.0 Å². The molecule has 112 valence electrons. The van der Waals surface area contributed by atoms with E-state index in [2.05, 4.69) is 15.3 Å². The lowest BCUT2D eigenvalue weighted by Crippen LogP contribution is -2.11. The molecule has 0 saturated carbocycles. The van der Waals surface area contributed by atoms with Gasteiger partial charge >= 0.3 is 6.18 Å². The number of nitrogens with one attached hydrogen (secondary N) is 1. The summed E-state index contributed by atoms with van der Waals surface area (Å²) in [7, 11) is 2.87. The van der Waals surface area contributed by atoms with Crippen LogP contribution in [0.3, 0.4) is 0 Å². The van der Waals surface area contributed by atoms with Crippen molar-refractivity contribution in [2.45, 2.75) is 6.18 Å². The molecule has 0 spiro atoms. The quantitative estimate of drug-likeness (QED) is 0.933. The molecule has 1 aromatic carbocycles. The van der Waals surface area contributed by atoms with Crippen LogP contribution in [-0.4, -0.2) is 24.1 Å². The zero-order valence-corrected chi connectivity index (χ0v) is 11.9. The molecule has 0 saturated heterocycles. The molecule has 1 aromatic heterocycles. The van der Waals surface area contributed by atoms with Gasteiger partial charge in [0.2, 0.25) is 5.95 Å². The van der Waals surface area contributed by atoms with Crippen LogP contribution >= 0.6 is 11.6 Å². The molecule has 0 atom stereocenters. The largest absolute Gasteiger partial charge is 0.495 e. The average Bonchev–Trinajstić information content (AvgIpc) is 2.46. The van der Waals surface area contributed by atoms with E-state index in [9.17, 15) is 13.2 Å². The Morgan fingerprint density at radius 3 is 2.48 bits per heavy atom. The van der Waals surface area contributed by atoms with Crippen LogP contribution in [0, 0.1) is 0 Å². The van der Waals surface area contributed by atoms with Gasteiger partial charge in [0, 0.05) is 12.6 Å². The summed E-state index contributed by atoms with van der Waals surface area (Å²) in [6.45, 7) is 0. The number of methoxy groups -OCH3 is 1. The third-order valence-electron chi connectivity index (χ3n) is 2.69. The molecule has 0 bridgehead atoms. The zero-order chi connectivity index (χ0) is 15.6. The van der Waals surface area contributed by atoms with E-state index in [4.69, 9.17) is 16.3 Å².